The third kappa shape index (κ3) is 4.60. The molecule has 0 unspecified atom stereocenters. The molecule has 1 atom stereocenters. The molecule has 7 nitrogen and oxygen atoms in total. The molecule has 4 rings (SSSR count). The minimum absolute atomic E-state index is 0.0720. The van der Waals surface area contributed by atoms with E-state index in [1.54, 1.807) is 6.07 Å². The van der Waals surface area contributed by atoms with E-state index in [9.17, 15) is 13.2 Å². The molecule has 1 fully saturated rings. The first kappa shape index (κ1) is 20.7. The lowest BCUT2D eigenvalue weighted by molar-refractivity contribution is -0.142. The lowest BCUT2D eigenvalue weighted by atomic mass is 10.1. The van der Waals surface area contributed by atoms with Gasteiger partial charge in [-0.25, -0.2) is 13.1 Å². The lowest BCUT2D eigenvalue weighted by Gasteiger charge is -2.32. The van der Waals surface area contributed by atoms with Gasteiger partial charge in [-0.2, -0.15) is 0 Å². The maximum atomic E-state index is 12.7. The van der Waals surface area contributed by atoms with Crippen molar-refractivity contribution < 1.29 is 22.7 Å². The Morgan fingerprint density at radius 3 is 2.67 bits per heavy atom. The van der Waals surface area contributed by atoms with E-state index in [1.807, 2.05) is 36.1 Å². The summed E-state index contributed by atoms with van der Waals surface area (Å²) < 4.78 is 39.5. The van der Waals surface area contributed by atoms with Crippen molar-refractivity contribution >= 4 is 15.9 Å². The normalized spacial score (nSPS) is 18.8. The number of sulfonamides is 1. The van der Waals surface area contributed by atoms with Gasteiger partial charge in [0.25, 0.3) is 5.91 Å². The van der Waals surface area contributed by atoms with Crippen LogP contribution in [0.1, 0.15) is 30.4 Å². The molecule has 2 aromatic rings. The van der Waals surface area contributed by atoms with Crippen molar-refractivity contribution in [3.8, 4) is 11.5 Å². The summed E-state index contributed by atoms with van der Waals surface area (Å²) in [6.07, 6.45) is 2.46. The summed E-state index contributed by atoms with van der Waals surface area (Å²) >= 11 is 0. The highest BCUT2D eigenvalue weighted by atomic mass is 32.2. The summed E-state index contributed by atoms with van der Waals surface area (Å²) in [7, 11) is -3.71. The number of fused-ring (bicyclic) bond motifs is 1. The first-order valence-corrected chi connectivity index (χ1v) is 11.7. The van der Waals surface area contributed by atoms with Gasteiger partial charge in [0, 0.05) is 25.7 Å². The molecule has 0 spiro atoms. The van der Waals surface area contributed by atoms with Crippen molar-refractivity contribution in [2.75, 3.05) is 19.7 Å². The van der Waals surface area contributed by atoms with Crippen LogP contribution >= 0.6 is 0 Å². The molecule has 1 amide bonds. The van der Waals surface area contributed by atoms with Gasteiger partial charge in [0.05, 0.1) is 4.90 Å². The summed E-state index contributed by atoms with van der Waals surface area (Å²) in [6, 6.07) is 12.1. The van der Waals surface area contributed by atoms with Gasteiger partial charge in [0.1, 0.15) is 6.61 Å². The monoisotopic (exact) mass is 430 g/mol. The zero-order valence-corrected chi connectivity index (χ0v) is 17.8. The Kier molecular flexibility index (Phi) is 5.97. The maximum absolute atomic E-state index is 12.7. The van der Waals surface area contributed by atoms with Crippen LogP contribution in [0.15, 0.2) is 47.4 Å². The average Bonchev–Trinajstić information content (AvgIpc) is 2.77. The number of amides is 1. The quantitative estimate of drug-likeness (QED) is 0.788. The molecule has 8 heteroatoms. The Morgan fingerprint density at radius 2 is 1.90 bits per heavy atom. The van der Waals surface area contributed by atoms with Gasteiger partial charge in [-0.1, -0.05) is 29.8 Å². The van der Waals surface area contributed by atoms with Gasteiger partial charge >= 0.3 is 0 Å². The van der Waals surface area contributed by atoms with E-state index in [0.29, 0.717) is 11.5 Å². The topological polar surface area (TPSA) is 84.9 Å². The number of likely N-dealkylation sites (tertiary alicyclic amines) is 1. The van der Waals surface area contributed by atoms with Crippen LogP contribution < -0.4 is 14.2 Å². The maximum Gasteiger partial charge on any atom is 0.267 e. The van der Waals surface area contributed by atoms with Crippen molar-refractivity contribution in [2.45, 2.75) is 43.7 Å². The van der Waals surface area contributed by atoms with E-state index in [2.05, 4.69) is 4.72 Å². The Hall–Kier alpha value is -2.58. The Bertz CT molecular complexity index is 1030. The van der Waals surface area contributed by atoms with Gasteiger partial charge in [-0.3, -0.25) is 4.79 Å². The Labute approximate surface area is 177 Å². The second kappa shape index (κ2) is 8.65. The predicted molar refractivity (Wildman–Crippen MR) is 112 cm³/mol. The highest BCUT2D eigenvalue weighted by Crippen LogP contribution is 2.34. The second-order valence-electron chi connectivity index (χ2n) is 7.73. The van der Waals surface area contributed by atoms with E-state index in [0.717, 1.165) is 43.5 Å². The highest BCUT2D eigenvalue weighted by Gasteiger charge is 2.32. The molecule has 0 saturated carbocycles. The number of aryl methyl sites for hydroxylation is 1. The smallest absolute Gasteiger partial charge is 0.267 e. The van der Waals surface area contributed by atoms with E-state index in [-0.39, 0.29) is 24.0 Å². The molecule has 2 aliphatic rings. The minimum atomic E-state index is -3.71. The molecule has 0 bridgehead atoms. The van der Waals surface area contributed by atoms with Gasteiger partial charge in [0.2, 0.25) is 16.1 Å². The van der Waals surface area contributed by atoms with Gasteiger partial charge < -0.3 is 14.4 Å². The molecule has 2 heterocycles. The number of hydrogen-bond donors (Lipinski definition) is 1. The molecule has 2 aliphatic heterocycles. The first-order chi connectivity index (χ1) is 14.4. The van der Waals surface area contributed by atoms with Crippen LogP contribution in [0.3, 0.4) is 0 Å². The number of nitrogens with one attached hydrogen (secondary N) is 1. The molecule has 2 aromatic carbocycles. The van der Waals surface area contributed by atoms with Crippen LogP contribution in [0, 0.1) is 6.92 Å². The number of ether oxygens (including phenoxy) is 2. The predicted octanol–water partition coefficient (Wildman–Crippen LogP) is 2.63. The standard InChI is InChI=1S/C22H26N2O5S/c1-16-6-5-7-17(12-16)14-23-30(26,27)18-8-9-19-20(13-18)28-15-21(29-19)22(25)24-10-3-2-4-11-24/h5-9,12-13,21,23H,2-4,10-11,14-15H2,1H3/t21-/m0/s1. The molecule has 1 N–H and O–H groups in total. The fourth-order valence-corrected chi connectivity index (χ4v) is 4.77. The molecule has 30 heavy (non-hydrogen) atoms. The van der Waals surface area contributed by atoms with Crippen LogP contribution in [0.25, 0.3) is 0 Å². The molecule has 0 aromatic heterocycles. The first-order valence-electron chi connectivity index (χ1n) is 10.2. The Balaban J connectivity index is 1.43. The molecule has 160 valence electrons. The van der Waals surface area contributed by atoms with Gasteiger partial charge in [-0.05, 0) is 43.9 Å². The van der Waals surface area contributed by atoms with E-state index in [1.165, 1.54) is 12.1 Å². The molecule has 1 saturated heterocycles. The Morgan fingerprint density at radius 1 is 1.10 bits per heavy atom. The van der Waals surface area contributed by atoms with Gasteiger partial charge in [0.15, 0.2) is 11.5 Å². The average molecular weight is 431 g/mol. The molecule has 0 radical (unpaired) electrons. The highest BCUT2D eigenvalue weighted by molar-refractivity contribution is 7.89. The van der Waals surface area contributed by atoms with Crippen molar-refractivity contribution in [3.63, 3.8) is 0 Å². The zero-order chi connectivity index (χ0) is 21.1. The molecule has 0 aliphatic carbocycles. The van der Waals surface area contributed by atoms with E-state index in [4.69, 9.17) is 9.47 Å². The summed E-state index contributed by atoms with van der Waals surface area (Å²) in [6.45, 7) is 3.72. The molecular weight excluding hydrogens is 404 g/mol. The van der Waals surface area contributed by atoms with Crippen molar-refractivity contribution in [3.05, 3.63) is 53.6 Å². The summed E-state index contributed by atoms with van der Waals surface area (Å²) in [5, 5.41) is 0. The van der Waals surface area contributed by atoms with E-state index >= 15 is 0 Å². The van der Waals surface area contributed by atoms with E-state index < -0.39 is 16.1 Å². The number of piperidine rings is 1. The van der Waals surface area contributed by atoms with Gasteiger partial charge in [-0.15, -0.1) is 0 Å². The SMILES string of the molecule is Cc1cccc(CNS(=O)(=O)c2ccc3c(c2)OC[C@@H](C(=O)N2CCCCC2)O3)c1. The summed E-state index contributed by atoms with van der Waals surface area (Å²) in [5.74, 6) is 0.641. The van der Waals surface area contributed by atoms with Crippen LogP contribution in [0.2, 0.25) is 0 Å². The number of rotatable bonds is 5. The third-order valence-electron chi connectivity index (χ3n) is 5.38. The number of carbonyl (C=O) groups is 1. The zero-order valence-electron chi connectivity index (χ0n) is 17.0. The second-order valence-corrected chi connectivity index (χ2v) is 9.49. The van der Waals surface area contributed by atoms with Crippen LogP contribution in [-0.4, -0.2) is 45.0 Å². The van der Waals surface area contributed by atoms with Crippen LogP contribution in [-0.2, 0) is 21.4 Å². The summed E-state index contributed by atoms with van der Waals surface area (Å²) in [4.78, 5) is 14.6. The minimum Gasteiger partial charge on any atom is -0.485 e. The van der Waals surface area contributed by atoms with Crippen LogP contribution in [0.4, 0.5) is 0 Å². The summed E-state index contributed by atoms with van der Waals surface area (Å²) in [5.41, 5.74) is 1.95. The fraction of sp³-hybridized carbons (Fsp3) is 0.409. The van der Waals surface area contributed by atoms with Crippen molar-refractivity contribution in [2.24, 2.45) is 0 Å². The fourth-order valence-electron chi connectivity index (χ4n) is 3.74. The van der Waals surface area contributed by atoms with Crippen LogP contribution in [0.5, 0.6) is 11.5 Å². The largest absolute Gasteiger partial charge is 0.485 e. The number of nitrogens with zero attached hydrogens (tertiary/aromatic N) is 1. The number of benzene rings is 2. The van der Waals surface area contributed by atoms with Crippen molar-refractivity contribution in [1.29, 1.82) is 0 Å². The number of hydrogen-bond acceptors (Lipinski definition) is 5. The molecular formula is C22H26N2O5S. The number of carbonyl (C=O) groups excluding carboxylic acids is 1. The van der Waals surface area contributed by atoms with Crippen molar-refractivity contribution in [1.82, 2.24) is 9.62 Å². The third-order valence-corrected chi connectivity index (χ3v) is 6.78. The lowest BCUT2D eigenvalue weighted by Crippen LogP contribution is -2.48.